The molecule has 2 aromatic carbocycles. The monoisotopic (exact) mass is 258 g/mol. The minimum atomic E-state index is -0.607. The van der Waals surface area contributed by atoms with Crippen LogP contribution in [0, 0.1) is 11.6 Å². The van der Waals surface area contributed by atoms with Crippen LogP contribution in [0.15, 0.2) is 36.4 Å². The highest BCUT2D eigenvalue weighted by Crippen LogP contribution is 2.23. The van der Waals surface area contributed by atoms with Crippen LogP contribution in [-0.2, 0) is 6.42 Å². The molecule has 1 N–H and O–H groups in total. The summed E-state index contributed by atoms with van der Waals surface area (Å²) in [5.74, 6) is -0.740. The topological polar surface area (TPSA) is 28.7 Å². The van der Waals surface area contributed by atoms with Crippen molar-refractivity contribution in [2.24, 2.45) is 0 Å². The molecule has 1 heterocycles. The van der Waals surface area contributed by atoms with Crippen molar-refractivity contribution >= 4 is 11.0 Å². The zero-order chi connectivity index (χ0) is 13.4. The Morgan fingerprint density at radius 1 is 1.05 bits per heavy atom. The second kappa shape index (κ2) is 4.46. The molecule has 0 fully saturated rings. The zero-order valence-corrected chi connectivity index (χ0v) is 10.4. The second-order valence-corrected chi connectivity index (χ2v) is 4.45. The Morgan fingerprint density at radius 2 is 1.79 bits per heavy atom. The van der Waals surface area contributed by atoms with Crippen molar-refractivity contribution in [1.82, 2.24) is 9.97 Å². The van der Waals surface area contributed by atoms with Gasteiger partial charge >= 0.3 is 0 Å². The molecule has 4 heteroatoms. The lowest BCUT2D eigenvalue weighted by atomic mass is 10.1. The first-order valence-electron chi connectivity index (χ1n) is 6.11. The Bertz CT molecular complexity index is 727. The van der Waals surface area contributed by atoms with Crippen LogP contribution in [0.2, 0.25) is 0 Å². The minimum Gasteiger partial charge on any atom is -0.338 e. The standard InChI is InChI=1S/C15H12F2N2/c1-2-9-3-4-13-14(5-9)19-15(18-13)10-6-11(16)8-12(17)7-10/h3-8H,2H2,1H3,(H,18,19). The Morgan fingerprint density at radius 3 is 2.47 bits per heavy atom. The van der Waals surface area contributed by atoms with Gasteiger partial charge in [0, 0.05) is 11.6 Å². The summed E-state index contributed by atoms with van der Waals surface area (Å²) in [7, 11) is 0. The van der Waals surface area contributed by atoms with E-state index in [0.717, 1.165) is 23.5 Å². The number of aromatic amines is 1. The average Bonchev–Trinajstić information content (AvgIpc) is 2.80. The lowest BCUT2D eigenvalue weighted by molar-refractivity contribution is 0.584. The number of halogens is 2. The lowest BCUT2D eigenvalue weighted by Gasteiger charge is -1.97. The van der Waals surface area contributed by atoms with E-state index in [9.17, 15) is 8.78 Å². The van der Waals surface area contributed by atoms with Crippen LogP contribution in [0.5, 0.6) is 0 Å². The third kappa shape index (κ3) is 2.21. The smallest absolute Gasteiger partial charge is 0.138 e. The highest BCUT2D eigenvalue weighted by atomic mass is 19.1. The van der Waals surface area contributed by atoms with Crippen molar-refractivity contribution in [2.75, 3.05) is 0 Å². The van der Waals surface area contributed by atoms with E-state index >= 15 is 0 Å². The number of rotatable bonds is 2. The van der Waals surface area contributed by atoms with E-state index < -0.39 is 11.6 Å². The number of nitrogens with zero attached hydrogens (tertiary/aromatic N) is 1. The number of benzene rings is 2. The van der Waals surface area contributed by atoms with Crippen LogP contribution in [0.4, 0.5) is 8.78 Å². The van der Waals surface area contributed by atoms with Crippen molar-refractivity contribution in [1.29, 1.82) is 0 Å². The summed E-state index contributed by atoms with van der Waals surface area (Å²) in [6.07, 6.45) is 0.929. The summed E-state index contributed by atoms with van der Waals surface area (Å²) in [5, 5.41) is 0. The predicted octanol–water partition coefficient (Wildman–Crippen LogP) is 4.07. The molecule has 2 nitrogen and oxygen atoms in total. The number of hydrogen-bond acceptors (Lipinski definition) is 1. The Hall–Kier alpha value is -2.23. The molecular formula is C15H12F2N2. The summed E-state index contributed by atoms with van der Waals surface area (Å²) < 4.78 is 26.4. The van der Waals surface area contributed by atoms with E-state index in [1.165, 1.54) is 17.7 Å². The molecule has 0 saturated carbocycles. The average molecular weight is 258 g/mol. The zero-order valence-electron chi connectivity index (χ0n) is 10.4. The van der Waals surface area contributed by atoms with Crippen molar-refractivity contribution < 1.29 is 8.78 Å². The molecule has 0 saturated heterocycles. The van der Waals surface area contributed by atoms with Gasteiger partial charge in [0.25, 0.3) is 0 Å². The molecular weight excluding hydrogens is 246 g/mol. The molecule has 3 aromatic rings. The van der Waals surface area contributed by atoms with Crippen molar-refractivity contribution in [3.63, 3.8) is 0 Å². The van der Waals surface area contributed by atoms with Crippen molar-refractivity contribution in [3.8, 4) is 11.4 Å². The van der Waals surface area contributed by atoms with Gasteiger partial charge in [0.05, 0.1) is 11.0 Å². The van der Waals surface area contributed by atoms with Crippen LogP contribution in [0.1, 0.15) is 12.5 Å². The molecule has 19 heavy (non-hydrogen) atoms. The summed E-state index contributed by atoms with van der Waals surface area (Å²) in [5.41, 5.74) is 3.26. The molecule has 0 aliphatic carbocycles. The van der Waals surface area contributed by atoms with Gasteiger partial charge in [-0.2, -0.15) is 0 Å². The van der Waals surface area contributed by atoms with E-state index in [0.29, 0.717) is 11.4 Å². The van der Waals surface area contributed by atoms with Crippen molar-refractivity contribution in [3.05, 3.63) is 53.6 Å². The first-order chi connectivity index (χ1) is 9.15. The maximum Gasteiger partial charge on any atom is 0.138 e. The van der Waals surface area contributed by atoms with Gasteiger partial charge in [-0.3, -0.25) is 0 Å². The van der Waals surface area contributed by atoms with E-state index in [2.05, 4.69) is 16.9 Å². The van der Waals surface area contributed by atoms with Gasteiger partial charge in [-0.25, -0.2) is 13.8 Å². The van der Waals surface area contributed by atoms with Gasteiger partial charge in [-0.05, 0) is 36.2 Å². The normalized spacial score (nSPS) is 11.1. The van der Waals surface area contributed by atoms with Crippen LogP contribution in [-0.4, -0.2) is 9.97 Å². The van der Waals surface area contributed by atoms with Gasteiger partial charge < -0.3 is 4.98 Å². The molecule has 0 unspecified atom stereocenters. The third-order valence-corrected chi connectivity index (χ3v) is 3.09. The number of aryl methyl sites for hydroxylation is 1. The van der Waals surface area contributed by atoms with E-state index in [4.69, 9.17) is 0 Å². The van der Waals surface area contributed by atoms with Gasteiger partial charge in [0.2, 0.25) is 0 Å². The van der Waals surface area contributed by atoms with E-state index in [-0.39, 0.29) is 0 Å². The molecule has 0 atom stereocenters. The summed E-state index contributed by atoms with van der Waals surface area (Å²) in [6.45, 7) is 2.07. The number of hydrogen-bond donors (Lipinski definition) is 1. The minimum absolute atomic E-state index is 0.409. The van der Waals surface area contributed by atoms with Gasteiger partial charge in [0.15, 0.2) is 0 Å². The van der Waals surface area contributed by atoms with Gasteiger partial charge in [-0.1, -0.05) is 13.0 Å². The Kier molecular flexibility index (Phi) is 2.78. The maximum atomic E-state index is 13.2. The molecule has 3 rings (SSSR count). The fraction of sp³-hybridized carbons (Fsp3) is 0.133. The number of fused-ring (bicyclic) bond motifs is 1. The second-order valence-electron chi connectivity index (χ2n) is 4.45. The molecule has 1 aromatic heterocycles. The SMILES string of the molecule is CCc1ccc2nc(-c3cc(F)cc(F)c3)[nH]c2c1. The summed E-state index contributed by atoms with van der Waals surface area (Å²) in [4.78, 5) is 7.45. The maximum absolute atomic E-state index is 13.2. The highest BCUT2D eigenvalue weighted by Gasteiger charge is 2.08. The number of imidazole rings is 1. The van der Waals surface area contributed by atoms with E-state index in [1.807, 2.05) is 18.2 Å². The number of aromatic nitrogens is 2. The molecule has 0 radical (unpaired) electrons. The van der Waals surface area contributed by atoms with Crippen LogP contribution >= 0.6 is 0 Å². The third-order valence-electron chi connectivity index (χ3n) is 3.09. The van der Waals surface area contributed by atoms with Gasteiger partial charge in [0.1, 0.15) is 17.5 Å². The van der Waals surface area contributed by atoms with Crippen LogP contribution in [0.3, 0.4) is 0 Å². The number of nitrogens with one attached hydrogen (secondary N) is 1. The first-order valence-corrected chi connectivity index (χ1v) is 6.11. The molecule has 0 bridgehead atoms. The summed E-state index contributed by atoms with van der Waals surface area (Å²) >= 11 is 0. The quantitative estimate of drug-likeness (QED) is 0.737. The highest BCUT2D eigenvalue weighted by molar-refractivity contribution is 5.80. The first kappa shape index (κ1) is 11.8. The Labute approximate surface area is 109 Å². The summed E-state index contributed by atoms with van der Waals surface area (Å²) in [6, 6.07) is 9.29. The molecule has 0 spiro atoms. The van der Waals surface area contributed by atoms with Crippen molar-refractivity contribution in [2.45, 2.75) is 13.3 Å². The molecule has 0 aliphatic rings. The molecule has 0 amide bonds. The Balaban J connectivity index is 2.14. The van der Waals surface area contributed by atoms with E-state index in [1.54, 1.807) is 0 Å². The fourth-order valence-corrected chi connectivity index (χ4v) is 2.10. The fourth-order valence-electron chi connectivity index (χ4n) is 2.10. The van der Waals surface area contributed by atoms with Crippen LogP contribution in [0.25, 0.3) is 22.4 Å². The van der Waals surface area contributed by atoms with Crippen LogP contribution < -0.4 is 0 Å². The van der Waals surface area contributed by atoms with Gasteiger partial charge in [-0.15, -0.1) is 0 Å². The largest absolute Gasteiger partial charge is 0.338 e. The lowest BCUT2D eigenvalue weighted by Crippen LogP contribution is -1.85. The molecule has 96 valence electrons. The molecule has 0 aliphatic heterocycles. The predicted molar refractivity (Wildman–Crippen MR) is 70.8 cm³/mol. The number of H-pyrrole nitrogens is 1.